The van der Waals surface area contributed by atoms with Crippen LogP contribution in [0.2, 0.25) is 0 Å². The zero-order valence-corrected chi connectivity index (χ0v) is 27.9. The molecule has 4 aromatic rings. The van der Waals surface area contributed by atoms with Gasteiger partial charge in [-0.2, -0.15) is 0 Å². The summed E-state index contributed by atoms with van der Waals surface area (Å²) in [5.41, 5.74) is 3.73. The first-order valence-electron chi connectivity index (χ1n) is 15.4. The lowest BCUT2D eigenvalue weighted by Gasteiger charge is -2.34. The second-order valence-electron chi connectivity index (χ2n) is 12.1. The van der Waals surface area contributed by atoms with Crippen molar-refractivity contribution in [2.24, 2.45) is 5.92 Å². The van der Waals surface area contributed by atoms with Gasteiger partial charge in [0.15, 0.2) is 0 Å². The number of benzene rings is 4. The average Bonchev–Trinajstić information content (AvgIpc) is 3.03. The summed E-state index contributed by atoms with van der Waals surface area (Å²) in [5.74, 6) is -1.42. The van der Waals surface area contributed by atoms with Crippen molar-refractivity contribution in [2.45, 2.75) is 58.5 Å². The molecule has 0 radical (unpaired) electrons. The third-order valence-corrected chi connectivity index (χ3v) is 9.55. The molecule has 2 amide bonds. The van der Waals surface area contributed by atoms with Crippen LogP contribution >= 0.6 is 0 Å². The Labute approximate surface area is 272 Å². The summed E-state index contributed by atoms with van der Waals surface area (Å²) in [4.78, 5) is 29.7. The predicted octanol–water partition coefficient (Wildman–Crippen LogP) is 6.36. The van der Waals surface area contributed by atoms with Crippen LogP contribution in [0.3, 0.4) is 0 Å². The smallest absolute Gasteiger partial charge is 0.264 e. The minimum atomic E-state index is -4.23. The van der Waals surface area contributed by atoms with Gasteiger partial charge in [0.25, 0.3) is 10.0 Å². The van der Waals surface area contributed by atoms with E-state index in [1.54, 1.807) is 43.3 Å². The van der Waals surface area contributed by atoms with E-state index in [1.165, 1.54) is 23.1 Å². The normalized spacial score (nSPS) is 12.1. The van der Waals surface area contributed by atoms with E-state index in [2.05, 4.69) is 5.32 Å². The fourth-order valence-corrected chi connectivity index (χ4v) is 6.60. The number of nitrogens with one attached hydrogen (secondary N) is 1. The van der Waals surface area contributed by atoms with Crippen molar-refractivity contribution in [3.05, 3.63) is 131 Å². The van der Waals surface area contributed by atoms with Crippen LogP contribution in [0.5, 0.6) is 0 Å². The molecular formula is C37H42FN3O4S. The van der Waals surface area contributed by atoms with E-state index >= 15 is 4.39 Å². The van der Waals surface area contributed by atoms with E-state index < -0.39 is 40.2 Å². The minimum Gasteiger partial charge on any atom is -0.354 e. The van der Waals surface area contributed by atoms with Gasteiger partial charge in [0.2, 0.25) is 11.8 Å². The molecule has 4 rings (SSSR count). The molecule has 0 unspecified atom stereocenters. The van der Waals surface area contributed by atoms with Crippen molar-refractivity contribution < 1.29 is 22.4 Å². The van der Waals surface area contributed by atoms with Crippen molar-refractivity contribution in [1.29, 1.82) is 0 Å². The highest BCUT2D eigenvalue weighted by molar-refractivity contribution is 7.92. The summed E-state index contributed by atoms with van der Waals surface area (Å²) in [6.07, 6.45) is 0.152. The number of hydrogen-bond acceptors (Lipinski definition) is 4. The Morgan fingerprint density at radius 1 is 0.826 bits per heavy atom. The van der Waals surface area contributed by atoms with Gasteiger partial charge in [-0.1, -0.05) is 92.2 Å². The topological polar surface area (TPSA) is 86.8 Å². The standard InChI is InChI=1S/C37H42FN3O4S/c1-26(2)23-39-37(43)35(22-30-11-7-6-8-12-30)40(24-31-13-9-10-14-33(31)38)36(42)25-41(34-21-28(4)15-18-29(34)5)46(44,45)32-19-16-27(3)17-20-32/h6-21,26,35H,22-25H2,1-5H3,(H,39,43)/t35-/m0/s1. The number of hydrogen-bond donors (Lipinski definition) is 1. The van der Waals surface area contributed by atoms with Gasteiger partial charge in [-0.15, -0.1) is 0 Å². The molecule has 0 aliphatic heterocycles. The second kappa shape index (κ2) is 15.2. The summed E-state index contributed by atoms with van der Waals surface area (Å²) in [7, 11) is -4.23. The molecule has 0 spiro atoms. The molecule has 0 saturated heterocycles. The van der Waals surface area contributed by atoms with Gasteiger partial charge in [0.05, 0.1) is 10.6 Å². The number of halogens is 1. The monoisotopic (exact) mass is 643 g/mol. The van der Waals surface area contributed by atoms with Crippen molar-refractivity contribution in [3.63, 3.8) is 0 Å². The summed E-state index contributed by atoms with van der Waals surface area (Å²) >= 11 is 0. The lowest BCUT2D eigenvalue weighted by atomic mass is 10.0. The number of aryl methyl sites for hydroxylation is 3. The number of amides is 2. The first-order valence-corrected chi connectivity index (χ1v) is 16.8. The number of nitrogens with zero attached hydrogens (tertiary/aromatic N) is 2. The summed E-state index contributed by atoms with van der Waals surface area (Å²) < 4.78 is 44.7. The average molecular weight is 644 g/mol. The maximum atomic E-state index is 15.1. The zero-order valence-electron chi connectivity index (χ0n) is 27.0. The Morgan fingerprint density at radius 3 is 2.11 bits per heavy atom. The minimum absolute atomic E-state index is 0.0305. The highest BCUT2D eigenvalue weighted by Crippen LogP contribution is 2.29. The lowest BCUT2D eigenvalue weighted by Crippen LogP contribution is -2.54. The predicted molar refractivity (Wildman–Crippen MR) is 180 cm³/mol. The highest BCUT2D eigenvalue weighted by Gasteiger charge is 2.35. The van der Waals surface area contributed by atoms with Gasteiger partial charge in [-0.25, -0.2) is 12.8 Å². The van der Waals surface area contributed by atoms with Crippen LogP contribution in [0.4, 0.5) is 10.1 Å². The molecule has 4 aromatic carbocycles. The third-order valence-electron chi connectivity index (χ3n) is 7.78. The molecule has 0 aromatic heterocycles. The molecular weight excluding hydrogens is 601 g/mol. The zero-order chi connectivity index (χ0) is 33.4. The Hall–Kier alpha value is -4.50. The van der Waals surface area contributed by atoms with E-state index in [4.69, 9.17) is 0 Å². The van der Waals surface area contributed by atoms with Crippen LogP contribution in [0, 0.1) is 32.5 Å². The Morgan fingerprint density at radius 2 is 1.46 bits per heavy atom. The maximum Gasteiger partial charge on any atom is 0.264 e. The third kappa shape index (κ3) is 8.60. The number of carbonyl (C=O) groups is 2. The van der Waals surface area contributed by atoms with Gasteiger partial charge in [-0.3, -0.25) is 13.9 Å². The summed E-state index contributed by atoms with van der Waals surface area (Å²) in [6.45, 7) is 8.97. The van der Waals surface area contributed by atoms with E-state index in [1.807, 2.05) is 70.2 Å². The molecule has 7 nitrogen and oxygen atoms in total. The first-order chi connectivity index (χ1) is 21.9. The van der Waals surface area contributed by atoms with E-state index in [0.29, 0.717) is 17.8 Å². The van der Waals surface area contributed by atoms with E-state index in [9.17, 15) is 18.0 Å². The SMILES string of the molecule is Cc1ccc(S(=O)(=O)N(CC(=O)N(Cc2ccccc2F)[C@@H](Cc2ccccc2)C(=O)NCC(C)C)c2cc(C)ccc2C)cc1. The first kappa shape index (κ1) is 34.4. The van der Waals surface area contributed by atoms with E-state index in [0.717, 1.165) is 21.0 Å². The molecule has 0 heterocycles. The number of carbonyl (C=O) groups excluding carboxylic acids is 2. The molecule has 9 heteroatoms. The molecule has 0 bridgehead atoms. The van der Waals surface area contributed by atoms with E-state index in [-0.39, 0.29) is 29.3 Å². The molecule has 0 aliphatic carbocycles. The molecule has 0 fully saturated rings. The number of rotatable bonds is 13. The fraction of sp³-hybridized carbons (Fsp3) is 0.297. The van der Waals surface area contributed by atoms with Crippen LogP contribution < -0.4 is 9.62 Å². The second-order valence-corrected chi connectivity index (χ2v) is 13.9. The number of anilines is 1. The van der Waals surface area contributed by atoms with Crippen LogP contribution in [0.25, 0.3) is 0 Å². The maximum absolute atomic E-state index is 15.1. The van der Waals surface area contributed by atoms with Crippen LogP contribution in [-0.2, 0) is 32.6 Å². The van der Waals surface area contributed by atoms with Crippen molar-refractivity contribution in [1.82, 2.24) is 10.2 Å². The molecule has 1 atom stereocenters. The molecule has 46 heavy (non-hydrogen) atoms. The molecule has 1 N–H and O–H groups in total. The molecule has 0 aliphatic rings. The van der Waals surface area contributed by atoms with Crippen LogP contribution in [-0.4, -0.2) is 44.3 Å². The Balaban J connectivity index is 1.84. The highest BCUT2D eigenvalue weighted by atomic mass is 32.2. The Bertz CT molecular complexity index is 1760. The molecule has 0 saturated carbocycles. The van der Waals surface area contributed by atoms with Crippen molar-refractivity contribution in [3.8, 4) is 0 Å². The van der Waals surface area contributed by atoms with Crippen molar-refractivity contribution >= 4 is 27.5 Å². The van der Waals surface area contributed by atoms with Gasteiger partial charge >= 0.3 is 0 Å². The number of sulfonamides is 1. The van der Waals surface area contributed by atoms with Gasteiger partial charge in [0, 0.05) is 25.1 Å². The lowest BCUT2D eigenvalue weighted by molar-refractivity contribution is -0.140. The van der Waals surface area contributed by atoms with Gasteiger partial charge in [0.1, 0.15) is 18.4 Å². The molecule has 242 valence electrons. The Kier molecular flexibility index (Phi) is 11.4. The van der Waals surface area contributed by atoms with Crippen molar-refractivity contribution in [2.75, 3.05) is 17.4 Å². The van der Waals surface area contributed by atoms with Crippen LogP contribution in [0.15, 0.2) is 102 Å². The summed E-state index contributed by atoms with van der Waals surface area (Å²) in [6, 6.07) is 26.1. The largest absolute Gasteiger partial charge is 0.354 e. The summed E-state index contributed by atoms with van der Waals surface area (Å²) in [5, 5.41) is 2.94. The fourth-order valence-electron chi connectivity index (χ4n) is 5.13. The van der Waals surface area contributed by atoms with Gasteiger partial charge in [-0.05, 0) is 67.6 Å². The van der Waals surface area contributed by atoms with Crippen LogP contribution in [0.1, 0.15) is 41.7 Å². The van der Waals surface area contributed by atoms with Gasteiger partial charge < -0.3 is 10.2 Å². The quantitative estimate of drug-likeness (QED) is 0.184.